The number of hydrogen-bond acceptors (Lipinski definition) is 3. The average Bonchev–Trinajstić information content (AvgIpc) is 2.18. The van der Waals surface area contributed by atoms with E-state index in [0.29, 0.717) is 5.56 Å². The highest BCUT2D eigenvalue weighted by Gasteiger charge is 2.13. The van der Waals surface area contributed by atoms with Crippen LogP contribution in [-0.2, 0) is 16.0 Å². The second kappa shape index (κ2) is 5.36. The van der Waals surface area contributed by atoms with Gasteiger partial charge < -0.3 is 9.84 Å². The van der Waals surface area contributed by atoms with Gasteiger partial charge >= 0.3 is 11.9 Å². The highest BCUT2D eigenvalue weighted by Crippen LogP contribution is 2.11. The standard InChI is InChI=1S/C10H9ClO4/c11-6-15-10(14)8-4-2-1-3-7(8)5-9(12)13/h1-4H,5-6H2,(H,12,13). The Morgan fingerprint density at radius 1 is 1.33 bits per heavy atom. The second-order valence-corrected chi connectivity index (χ2v) is 2.99. The van der Waals surface area contributed by atoms with Crippen molar-refractivity contribution in [3.8, 4) is 0 Å². The lowest BCUT2D eigenvalue weighted by molar-refractivity contribution is -0.136. The average molecular weight is 229 g/mol. The summed E-state index contributed by atoms with van der Waals surface area (Å²) in [5.41, 5.74) is 0.653. The van der Waals surface area contributed by atoms with E-state index in [9.17, 15) is 9.59 Å². The summed E-state index contributed by atoms with van der Waals surface area (Å²) in [6, 6.07) is 6.12. The molecule has 0 fully saturated rings. The molecule has 1 rings (SSSR count). The lowest BCUT2D eigenvalue weighted by Crippen LogP contribution is -2.10. The molecule has 0 aliphatic rings. The summed E-state index contributed by atoms with van der Waals surface area (Å²) >= 11 is 5.24. The zero-order chi connectivity index (χ0) is 11.3. The Balaban J connectivity index is 2.95. The van der Waals surface area contributed by atoms with Crippen molar-refractivity contribution in [2.75, 3.05) is 6.07 Å². The van der Waals surface area contributed by atoms with Gasteiger partial charge in [0.2, 0.25) is 0 Å². The van der Waals surface area contributed by atoms with Crippen LogP contribution >= 0.6 is 11.6 Å². The number of carbonyl (C=O) groups is 2. The predicted molar refractivity (Wildman–Crippen MR) is 53.9 cm³/mol. The Hall–Kier alpha value is -1.55. The van der Waals surface area contributed by atoms with E-state index in [4.69, 9.17) is 16.7 Å². The highest BCUT2D eigenvalue weighted by atomic mass is 35.5. The number of ether oxygens (including phenoxy) is 1. The molecule has 0 aromatic heterocycles. The third-order valence-corrected chi connectivity index (χ3v) is 1.87. The molecular formula is C10H9ClO4. The fourth-order valence-electron chi connectivity index (χ4n) is 1.16. The monoisotopic (exact) mass is 228 g/mol. The zero-order valence-electron chi connectivity index (χ0n) is 7.77. The van der Waals surface area contributed by atoms with E-state index in [2.05, 4.69) is 4.74 Å². The predicted octanol–water partition coefficient (Wildman–Crippen LogP) is 1.67. The maximum Gasteiger partial charge on any atom is 0.339 e. The van der Waals surface area contributed by atoms with Crippen molar-refractivity contribution < 1.29 is 19.4 Å². The molecule has 1 aromatic rings. The Morgan fingerprint density at radius 3 is 2.60 bits per heavy atom. The van der Waals surface area contributed by atoms with Crippen LogP contribution < -0.4 is 0 Å². The van der Waals surface area contributed by atoms with Crippen LogP contribution in [0.25, 0.3) is 0 Å². The number of carbonyl (C=O) groups excluding carboxylic acids is 1. The van der Waals surface area contributed by atoms with Gasteiger partial charge in [-0.1, -0.05) is 29.8 Å². The second-order valence-electron chi connectivity index (χ2n) is 2.77. The smallest absolute Gasteiger partial charge is 0.339 e. The molecule has 15 heavy (non-hydrogen) atoms. The van der Waals surface area contributed by atoms with Crippen molar-refractivity contribution in [2.24, 2.45) is 0 Å². The molecule has 0 atom stereocenters. The molecule has 80 valence electrons. The third kappa shape index (κ3) is 3.25. The molecular weight excluding hydrogens is 220 g/mol. The van der Waals surface area contributed by atoms with Gasteiger partial charge in [-0.05, 0) is 11.6 Å². The van der Waals surface area contributed by atoms with Gasteiger partial charge in [-0.3, -0.25) is 4.79 Å². The van der Waals surface area contributed by atoms with Gasteiger partial charge in [0.15, 0.2) is 6.07 Å². The Morgan fingerprint density at radius 2 is 2.00 bits per heavy atom. The number of aliphatic carboxylic acids is 1. The van der Waals surface area contributed by atoms with E-state index in [1.165, 1.54) is 6.07 Å². The fourth-order valence-corrected chi connectivity index (χ4v) is 1.26. The van der Waals surface area contributed by atoms with Gasteiger partial charge in [0.05, 0.1) is 12.0 Å². The molecule has 0 bridgehead atoms. The first kappa shape index (κ1) is 11.5. The summed E-state index contributed by atoms with van der Waals surface area (Å²) in [5, 5.41) is 8.62. The Kier molecular flexibility index (Phi) is 4.12. The molecule has 0 aliphatic carbocycles. The maximum absolute atomic E-state index is 11.3. The maximum atomic E-state index is 11.3. The fraction of sp³-hybridized carbons (Fsp3) is 0.200. The number of carboxylic acid groups (broad SMARTS) is 1. The number of halogens is 1. The topological polar surface area (TPSA) is 63.6 Å². The largest absolute Gasteiger partial charge is 0.481 e. The molecule has 1 N–H and O–H groups in total. The third-order valence-electron chi connectivity index (χ3n) is 1.76. The molecule has 0 heterocycles. The summed E-state index contributed by atoms with van der Waals surface area (Å²) in [7, 11) is 0. The number of esters is 1. The Labute approximate surface area is 91.4 Å². The van der Waals surface area contributed by atoms with Gasteiger partial charge in [-0.25, -0.2) is 4.79 Å². The van der Waals surface area contributed by atoms with Crippen LogP contribution in [0.1, 0.15) is 15.9 Å². The van der Waals surface area contributed by atoms with Crippen molar-refractivity contribution in [3.05, 3.63) is 35.4 Å². The summed E-state index contributed by atoms with van der Waals surface area (Å²) in [5.74, 6) is -1.61. The van der Waals surface area contributed by atoms with E-state index in [0.717, 1.165) is 0 Å². The van der Waals surface area contributed by atoms with E-state index >= 15 is 0 Å². The molecule has 0 spiro atoms. The molecule has 5 heteroatoms. The lowest BCUT2D eigenvalue weighted by Gasteiger charge is -2.05. The first-order valence-corrected chi connectivity index (χ1v) is 4.71. The number of benzene rings is 1. The van der Waals surface area contributed by atoms with Crippen molar-refractivity contribution >= 4 is 23.5 Å². The highest BCUT2D eigenvalue weighted by molar-refractivity contribution is 6.17. The normalized spacial score (nSPS) is 9.67. The number of rotatable bonds is 4. The first-order valence-electron chi connectivity index (χ1n) is 4.18. The minimum Gasteiger partial charge on any atom is -0.481 e. The quantitative estimate of drug-likeness (QED) is 0.629. The molecule has 0 unspecified atom stereocenters. The van der Waals surface area contributed by atoms with Gasteiger partial charge in [0, 0.05) is 0 Å². The van der Waals surface area contributed by atoms with Gasteiger partial charge in [0.1, 0.15) is 0 Å². The number of hydrogen-bond donors (Lipinski definition) is 1. The van der Waals surface area contributed by atoms with E-state index in [1.54, 1.807) is 18.2 Å². The van der Waals surface area contributed by atoms with Crippen LogP contribution in [0.5, 0.6) is 0 Å². The molecule has 0 aliphatic heterocycles. The Bertz CT molecular complexity index is 375. The number of carboxylic acids is 1. The van der Waals surface area contributed by atoms with Crippen LogP contribution in [0, 0.1) is 0 Å². The van der Waals surface area contributed by atoms with Crippen LogP contribution in [0.15, 0.2) is 24.3 Å². The minimum absolute atomic E-state index is 0.215. The van der Waals surface area contributed by atoms with Crippen molar-refractivity contribution in [1.82, 2.24) is 0 Å². The van der Waals surface area contributed by atoms with Crippen LogP contribution in [0.4, 0.5) is 0 Å². The summed E-state index contributed by atoms with van der Waals surface area (Å²) in [6.07, 6.45) is -0.215. The summed E-state index contributed by atoms with van der Waals surface area (Å²) in [6.45, 7) is 0. The SMILES string of the molecule is O=C(O)Cc1ccccc1C(=O)OCCl. The van der Waals surface area contributed by atoms with Crippen LogP contribution in [0.3, 0.4) is 0 Å². The molecule has 0 saturated carbocycles. The van der Waals surface area contributed by atoms with E-state index in [1.807, 2.05) is 0 Å². The first-order chi connectivity index (χ1) is 7.15. The van der Waals surface area contributed by atoms with E-state index in [-0.39, 0.29) is 18.1 Å². The lowest BCUT2D eigenvalue weighted by atomic mass is 10.1. The number of alkyl halides is 1. The van der Waals surface area contributed by atoms with Gasteiger partial charge in [0.25, 0.3) is 0 Å². The van der Waals surface area contributed by atoms with Crippen molar-refractivity contribution in [1.29, 1.82) is 0 Å². The summed E-state index contributed by atoms with van der Waals surface area (Å²) in [4.78, 5) is 21.9. The molecule has 4 nitrogen and oxygen atoms in total. The molecule has 0 amide bonds. The van der Waals surface area contributed by atoms with E-state index < -0.39 is 11.9 Å². The van der Waals surface area contributed by atoms with Gasteiger partial charge in [-0.15, -0.1) is 0 Å². The molecule has 0 saturated heterocycles. The zero-order valence-corrected chi connectivity index (χ0v) is 8.53. The molecule has 0 radical (unpaired) electrons. The summed E-state index contributed by atoms with van der Waals surface area (Å²) < 4.78 is 4.58. The van der Waals surface area contributed by atoms with Gasteiger partial charge in [-0.2, -0.15) is 0 Å². The van der Waals surface area contributed by atoms with Crippen molar-refractivity contribution in [2.45, 2.75) is 6.42 Å². The van der Waals surface area contributed by atoms with Crippen molar-refractivity contribution in [3.63, 3.8) is 0 Å². The van der Waals surface area contributed by atoms with Crippen LogP contribution in [-0.4, -0.2) is 23.1 Å². The van der Waals surface area contributed by atoms with Crippen LogP contribution in [0.2, 0.25) is 0 Å². The molecule has 1 aromatic carbocycles. The minimum atomic E-state index is -0.999.